The molecule has 0 aliphatic heterocycles. The molecule has 150 valence electrons. The molecule has 3 aromatic rings. The maximum atomic E-state index is 12.9. The highest BCUT2D eigenvalue weighted by atomic mass is 16.5. The molecule has 6 heteroatoms. The summed E-state index contributed by atoms with van der Waals surface area (Å²) in [4.78, 5) is 19.1. The molecule has 1 N–H and O–H groups in total. The monoisotopic (exact) mass is 391 g/mol. The number of aromatic nitrogens is 1. The number of nitrogens with zero attached hydrogens (tertiary/aromatic N) is 2. The van der Waals surface area contributed by atoms with Gasteiger partial charge in [0.1, 0.15) is 5.82 Å². The summed E-state index contributed by atoms with van der Waals surface area (Å²) >= 11 is 0. The predicted octanol–water partition coefficient (Wildman–Crippen LogP) is 4.82. The highest BCUT2D eigenvalue weighted by Gasteiger charge is 2.16. The quantitative estimate of drug-likeness (QED) is 0.626. The zero-order chi connectivity index (χ0) is 20.8. The largest absolute Gasteiger partial charge is 0.493 e. The van der Waals surface area contributed by atoms with Gasteiger partial charge in [-0.15, -0.1) is 0 Å². The second-order valence-electron chi connectivity index (χ2n) is 6.52. The highest BCUT2D eigenvalue weighted by molar-refractivity contribution is 6.06. The third-order valence-electron chi connectivity index (χ3n) is 4.54. The first-order valence-corrected chi connectivity index (χ1v) is 9.39. The summed E-state index contributed by atoms with van der Waals surface area (Å²) in [7, 11) is 3.19. The lowest BCUT2D eigenvalue weighted by Gasteiger charge is -2.21. The van der Waals surface area contributed by atoms with Crippen molar-refractivity contribution in [3.8, 4) is 11.5 Å². The van der Waals surface area contributed by atoms with Gasteiger partial charge in [0.05, 0.1) is 19.8 Å². The first-order chi connectivity index (χ1) is 14.0. The van der Waals surface area contributed by atoms with Crippen molar-refractivity contribution in [1.29, 1.82) is 0 Å². The lowest BCUT2D eigenvalue weighted by molar-refractivity contribution is 0.0988. The minimum Gasteiger partial charge on any atom is -0.493 e. The molecule has 1 aromatic heterocycles. The van der Waals surface area contributed by atoms with Crippen LogP contribution in [0, 0.1) is 6.92 Å². The molecule has 0 saturated carbocycles. The van der Waals surface area contributed by atoms with Gasteiger partial charge in [-0.05, 0) is 55.8 Å². The van der Waals surface area contributed by atoms with E-state index < -0.39 is 0 Å². The normalized spacial score (nSPS) is 10.3. The molecule has 0 bridgehead atoms. The van der Waals surface area contributed by atoms with Crippen molar-refractivity contribution in [1.82, 2.24) is 4.98 Å². The number of carbonyl (C=O) groups is 1. The van der Waals surface area contributed by atoms with E-state index in [4.69, 9.17) is 9.47 Å². The Balaban J connectivity index is 1.76. The van der Waals surface area contributed by atoms with Crippen LogP contribution in [0.1, 0.15) is 22.8 Å². The summed E-state index contributed by atoms with van der Waals surface area (Å²) in [6.07, 6.45) is 1.59. The van der Waals surface area contributed by atoms with Crippen LogP contribution >= 0.6 is 0 Å². The van der Waals surface area contributed by atoms with Gasteiger partial charge in [0, 0.05) is 30.2 Å². The number of ether oxygens (including phenoxy) is 2. The van der Waals surface area contributed by atoms with Crippen LogP contribution < -0.4 is 19.7 Å². The first-order valence-electron chi connectivity index (χ1n) is 9.39. The van der Waals surface area contributed by atoms with Gasteiger partial charge in [-0.3, -0.25) is 4.79 Å². The number of pyridine rings is 1. The number of rotatable bonds is 7. The van der Waals surface area contributed by atoms with E-state index in [0.29, 0.717) is 29.4 Å². The standard InChI is InChI=1S/C23H25N3O3/c1-5-26(19-8-6-7-16(2)13-19)23(27)17-9-12-22(24-15-17)25-18-10-11-20(28-3)21(14-18)29-4/h6-15H,5H2,1-4H3,(H,24,25). The number of anilines is 3. The fourth-order valence-corrected chi connectivity index (χ4v) is 3.05. The van der Waals surface area contributed by atoms with E-state index in [0.717, 1.165) is 16.9 Å². The molecule has 6 nitrogen and oxygen atoms in total. The smallest absolute Gasteiger partial charge is 0.259 e. The molecule has 2 aromatic carbocycles. The van der Waals surface area contributed by atoms with E-state index in [1.54, 1.807) is 37.4 Å². The summed E-state index contributed by atoms with van der Waals surface area (Å²) in [5, 5.41) is 3.21. The lowest BCUT2D eigenvalue weighted by Crippen LogP contribution is -2.30. The number of nitrogens with one attached hydrogen (secondary N) is 1. The van der Waals surface area contributed by atoms with Crippen molar-refractivity contribution in [3.63, 3.8) is 0 Å². The van der Waals surface area contributed by atoms with Crippen molar-refractivity contribution in [2.75, 3.05) is 31.0 Å². The van der Waals surface area contributed by atoms with E-state index in [-0.39, 0.29) is 5.91 Å². The third kappa shape index (κ3) is 4.66. The Bertz CT molecular complexity index is 987. The first kappa shape index (κ1) is 20.2. The van der Waals surface area contributed by atoms with Crippen molar-refractivity contribution in [2.24, 2.45) is 0 Å². The molecule has 0 fully saturated rings. The lowest BCUT2D eigenvalue weighted by atomic mass is 10.1. The fraction of sp³-hybridized carbons (Fsp3) is 0.217. The molecule has 0 atom stereocenters. The zero-order valence-corrected chi connectivity index (χ0v) is 17.1. The van der Waals surface area contributed by atoms with Crippen LogP contribution in [0.4, 0.5) is 17.2 Å². The van der Waals surface area contributed by atoms with Gasteiger partial charge in [-0.1, -0.05) is 12.1 Å². The molecule has 1 heterocycles. The van der Waals surface area contributed by atoms with Crippen LogP contribution in [0.25, 0.3) is 0 Å². The molecule has 0 unspecified atom stereocenters. The molecule has 29 heavy (non-hydrogen) atoms. The highest BCUT2D eigenvalue weighted by Crippen LogP contribution is 2.30. The van der Waals surface area contributed by atoms with Gasteiger partial charge < -0.3 is 19.7 Å². The maximum Gasteiger partial charge on any atom is 0.259 e. The molecular weight excluding hydrogens is 366 g/mol. The van der Waals surface area contributed by atoms with E-state index in [1.807, 2.05) is 56.3 Å². The van der Waals surface area contributed by atoms with E-state index in [9.17, 15) is 4.79 Å². The predicted molar refractivity (Wildman–Crippen MR) is 116 cm³/mol. The van der Waals surface area contributed by atoms with Gasteiger partial charge in [0.15, 0.2) is 11.5 Å². The van der Waals surface area contributed by atoms with Crippen molar-refractivity contribution < 1.29 is 14.3 Å². The third-order valence-corrected chi connectivity index (χ3v) is 4.54. The average Bonchev–Trinajstić information content (AvgIpc) is 2.74. The Morgan fingerprint density at radius 2 is 1.83 bits per heavy atom. The molecule has 0 saturated heterocycles. The SMILES string of the molecule is CCN(C(=O)c1ccc(Nc2ccc(OC)c(OC)c2)nc1)c1cccc(C)c1. The Morgan fingerprint density at radius 3 is 2.45 bits per heavy atom. The van der Waals surface area contributed by atoms with E-state index in [2.05, 4.69) is 10.3 Å². The van der Waals surface area contributed by atoms with Crippen LogP contribution in [-0.4, -0.2) is 31.7 Å². The summed E-state index contributed by atoms with van der Waals surface area (Å²) in [6.45, 7) is 4.55. The average molecular weight is 391 g/mol. The number of aryl methyl sites for hydroxylation is 1. The number of benzene rings is 2. The van der Waals surface area contributed by atoms with Gasteiger partial charge in [0.25, 0.3) is 5.91 Å². The summed E-state index contributed by atoms with van der Waals surface area (Å²) in [6, 6.07) is 17.0. The number of hydrogen-bond donors (Lipinski definition) is 1. The second-order valence-corrected chi connectivity index (χ2v) is 6.52. The van der Waals surface area contributed by atoms with Crippen LogP contribution in [0.2, 0.25) is 0 Å². The Hall–Kier alpha value is -3.54. The van der Waals surface area contributed by atoms with Crippen molar-refractivity contribution in [3.05, 3.63) is 71.9 Å². The van der Waals surface area contributed by atoms with Gasteiger partial charge >= 0.3 is 0 Å². The number of carbonyl (C=O) groups excluding carboxylic acids is 1. The molecular formula is C23H25N3O3. The zero-order valence-electron chi connectivity index (χ0n) is 17.1. The Kier molecular flexibility index (Phi) is 6.34. The van der Waals surface area contributed by atoms with Gasteiger partial charge in [0.2, 0.25) is 0 Å². The maximum absolute atomic E-state index is 12.9. The Labute approximate surface area is 171 Å². The molecule has 3 rings (SSSR count). The van der Waals surface area contributed by atoms with Crippen molar-refractivity contribution in [2.45, 2.75) is 13.8 Å². The van der Waals surface area contributed by atoms with Crippen LogP contribution in [0.15, 0.2) is 60.8 Å². The van der Waals surface area contributed by atoms with Crippen molar-refractivity contribution >= 4 is 23.1 Å². The molecule has 1 amide bonds. The summed E-state index contributed by atoms with van der Waals surface area (Å²) in [5.74, 6) is 1.83. The molecule has 0 radical (unpaired) electrons. The van der Waals surface area contributed by atoms with Gasteiger partial charge in [-0.25, -0.2) is 4.98 Å². The number of methoxy groups -OCH3 is 2. The van der Waals surface area contributed by atoms with Crippen LogP contribution in [0.3, 0.4) is 0 Å². The number of amides is 1. The number of hydrogen-bond acceptors (Lipinski definition) is 5. The van der Waals surface area contributed by atoms with Crippen LogP contribution in [0.5, 0.6) is 11.5 Å². The fourth-order valence-electron chi connectivity index (χ4n) is 3.05. The second kappa shape index (κ2) is 9.10. The Morgan fingerprint density at radius 1 is 1.03 bits per heavy atom. The summed E-state index contributed by atoms with van der Waals surface area (Å²) < 4.78 is 10.6. The molecule has 0 spiro atoms. The van der Waals surface area contributed by atoms with Gasteiger partial charge in [-0.2, -0.15) is 0 Å². The van der Waals surface area contributed by atoms with E-state index >= 15 is 0 Å². The molecule has 0 aliphatic carbocycles. The minimum atomic E-state index is -0.0803. The topological polar surface area (TPSA) is 63.7 Å². The van der Waals surface area contributed by atoms with Crippen LogP contribution in [-0.2, 0) is 0 Å². The van der Waals surface area contributed by atoms with E-state index in [1.165, 1.54) is 0 Å². The minimum absolute atomic E-state index is 0.0803. The summed E-state index contributed by atoms with van der Waals surface area (Å²) in [5.41, 5.74) is 3.33. The molecule has 0 aliphatic rings.